The van der Waals surface area contributed by atoms with E-state index in [0.717, 1.165) is 12.6 Å². The Balaban J connectivity index is 1.87. The van der Waals surface area contributed by atoms with Crippen LogP contribution in [0.25, 0.3) is 0 Å². The molecule has 17 heavy (non-hydrogen) atoms. The van der Waals surface area contributed by atoms with Crippen LogP contribution in [-0.4, -0.2) is 24.5 Å². The molecule has 1 fully saturated rings. The summed E-state index contributed by atoms with van der Waals surface area (Å²) < 4.78 is 0. The van der Waals surface area contributed by atoms with E-state index in [0.29, 0.717) is 0 Å². The smallest absolute Gasteiger partial charge is 0.0330 e. The van der Waals surface area contributed by atoms with E-state index < -0.39 is 0 Å². The molecule has 1 saturated carbocycles. The Morgan fingerprint density at radius 3 is 2.76 bits per heavy atom. The van der Waals surface area contributed by atoms with Crippen LogP contribution in [0.4, 0.5) is 0 Å². The first-order chi connectivity index (χ1) is 8.33. The molecule has 0 saturated heterocycles. The summed E-state index contributed by atoms with van der Waals surface area (Å²) in [4.78, 5) is 5.66. The van der Waals surface area contributed by atoms with Crippen molar-refractivity contribution in [2.45, 2.75) is 51.7 Å². The van der Waals surface area contributed by atoms with Crippen molar-refractivity contribution in [3.05, 3.63) is 21.9 Å². The molecule has 0 amide bonds. The highest BCUT2D eigenvalue weighted by molar-refractivity contribution is 7.11. The second-order valence-electron chi connectivity index (χ2n) is 4.95. The topological polar surface area (TPSA) is 15.3 Å². The van der Waals surface area contributed by atoms with Crippen molar-refractivity contribution in [2.75, 3.05) is 13.6 Å². The van der Waals surface area contributed by atoms with Crippen LogP contribution in [0.15, 0.2) is 12.1 Å². The molecule has 1 aromatic heterocycles. The van der Waals surface area contributed by atoms with Gasteiger partial charge in [-0.3, -0.25) is 4.90 Å². The third-order valence-corrected chi connectivity index (χ3v) is 4.36. The van der Waals surface area contributed by atoms with E-state index in [2.05, 4.69) is 29.3 Å². The lowest BCUT2D eigenvalue weighted by molar-refractivity contribution is 0.253. The normalized spacial score (nSPS) is 15.7. The summed E-state index contributed by atoms with van der Waals surface area (Å²) in [5.74, 6) is 0. The fourth-order valence-corrected chi connectivity index (χ4v) is 3.22. The number of thiophene rings is 1. The van der Waals surface area contributed by atoms with E-state index in [-0.39, 0.29) is 0 Å². The van der Waals surface area contributed by atoms with Gasteiger partial charge < -0.3 is 5.32 Å². The van der Waals surface area contributed by atoms with E-state index in [1.54, 1.807) is 0 Å². The van der Waals surface area contributed by atoms with Gasteiger partial charge in [-0.15, -0.1) is 11.3 Å². The molecule has 0 bridgehead atoms. The molecule has 0 unspecified atom stereocenters. The second-order valence-corrected chi connectivity index (χ2v) is 6.21. The van der Waals surface area contributed by atoms with Crippen LogP contribution in [0.1, 0.15) is 42.4 Å². The number of nitrogens with one attached hydrogen (secondary N) is 1. The van der Waals surface area contributed by atoms with Crippen molar-refractivity contribution in [3.8, 4) is 0 Å². The lowest BCUT2D eigenvalue weighted by Crippen LogP contribution is -2.26. The molecule has 0 spiro atoms. The third-order valence-electron chi connectivity index (χ3n) is 3.29. The average molecular weight is 252 g/mol. The summed E-state index contributed by atoms with van der Waals surface area (Å²) >= 11 is 1.96. The Morgan fingerprint density at radius 2 is 2.12 bits per heavy atom. The van der Waals surface area contributed by atoms with Crippen molar-refractivity contribution >= 4 is 11.3 Å². The average Bonchev–Trinajstić information content (AvgIpc) is 3.08. The van der Waals surface area contributed by atoms with E-state index in [1.807, 2.05) is 18.4 Å². The Kier molecular flexibility index (Phi) is 5.01. The van der Waals surface area contributed by atoms with Gasteiger partial charge in [-0.25, -0.2) is 0 Å². The molecular formula is C14H24N2S. The van der Waals surface area contributed by atoms with Gasteiger partial charge in [0.15, 0.2) is 0 Å². The van der Waals surface area contributed by atoms with Crippen LogP contribution < -0.4 is 5.32 Å². The molecule has 3 heteroatoms. The molecule has 1 aromatic rings. The number of hydrogen-bond donors (Lipinski definition) is 1. The Labute approximate surface area is 109 Å². The lowest BCUT2D eigenvalue weighted by atomic mass is 10.3. The maximum absolute atomic E-state index is 3.22. The molecule has 0 aliphatic heterocycles. The highest BCUT2D eigenvalue weighted by Crippen LogP contribution is 2.30. The summed E-state index contributed by atoms with van der Waals surface area (Å²) in [6.45, 7) is 5.73. The molecule has 0 atom stereocenters. The van der Waals surface area contributed by atoms with Gasteiger partial charge in [-0.05, 0) is 45.0 Å². The first-order valence-electron chi connectivity index (χ1n) is 6.79. The SMILES string of the molecule is CCCCN(Cc1ccc(CNC)s1)C1CC1. The van der Waals surface area contributed by atoms with E-state index in [4.69, 9.17) is 0 Å². The van der Waals surface area contributed by atoms with Crippen molar-refractivity contribution in [1.82, 2.24) is 10.2 Å². The van der Waals surface area contributed by atoms with Gasteiger partial charge in [0.2, 0.25) is 0 Å². The summed E-state index contributed by atoms with van der Waals surface area (Å²) in [5, 5.41) is 3.22. The molecule has 0 aromatic carbocycles. The third kappa shape index (κ3) is 4.09. The van der Waals surface area contributed by atoms with Gasteiger partial charge in [-0.1, -0.05) is 13.3 Å². The Hall–Kier alpha value is -0.380. The quantitative estimate of drug-likeness (QED) is 0.764. The van der Waals surface area contributed by atoms with Crippen LogP contribution in [0.2, 0.25) is 0 Å². The number of rotatable bonds is 8. The number of nitrogens with zero attached hydrogens (tertiary/aromatic N) is 1. The van der Waals surface area contributed by atoms with Gasteiger partial charge in [0, 0.05) is 28.9 Å². The Morgan fingerprint density at radius 1 is 1.35 bits per heavy atom. The predicted molar refractivity (Wildman–Crippen MR) is 75.4 cm³/mol. The standard InChI is InChI=1S/C14H24N2S/c1-3-4-9-16(12-5-6-12)11-14-8-7-13(17-14)10-15-2/h7-8,12,15H,3-6,9-11H2,1-2H3. The fraction of sp³-hybridized carbons (Fsp3) is 0.714. The van der Waals surface area contributed by atoms with E-state index >= 15 is 0 Å². The van der Waals surface area contributed by atoms with Crippen molar-refractivity contribution < 1.29 is 0 Å². The molecule has 96 valence electrons. The molecule has 1 heterocycles. The highest BCUT2D eigenvalue weighted by Gasteiger charge is 2.28. The monoisotopic (exact) mass is 252 g/mol. The largest absolute Gasteiger partial charge is 0.315 e. The van der Waals surface area contributed by atoms with Crippen molar-refractivity contribution in [2.24, 2.45) is 0 Å². The minimum Gasteiger partial charge on any atom is -0.315 e. The number of unbranched alkanes of at least 4 members (excludes halogenated alkanes) is 1. The molecule has 1 N–H and O–H groups in total. The first kappa shape index (κ1) is 13.1. The first-order valence-corrected chi connectivity index (χ1v) is 7.61. The van der Waals surface area contributed by atoms with Crippen LogP contribution in [0.5, 0.6) is 0 Å². The van der Waals surface area contributed by atoms with Crippen molar-refractivity contribution in [1.29, 1.82) is 0 Å². The van der Waals surface area contributed by atoms with Gasteiger partial charge >= 0.3 is 0 Å². The molecule has 1 aliphatic rings. The zero-order chi connectivity index (χ0) is 12.1. The molecule has 0 radical (unpaired) electrons. The maximum atomic E-state index is 3.22. The highest BCUT2D eigenvalue weighted by atomic mass is 32.1. The summed E-state index contributed by atoms with van der Waals surface area (Å²) in [6, 6.07) is 5.46. The summed E-state index contributed by atoms with van der Waals surface area (Å²) in [7, 11) is 2.01. The van der Waals surface area contributed by atoms with Crippen LogP contribution in [0.3, 0.4) is 0 Å². The van der Waals surface area contributed by atoms with Gasteiger partial charge in [0.05, 0.1) is 0 Å². The number of hydrogen-bond acceptors (Lipinski definition) is 3. The Bertz CT molecular complexity index is 331. The van der Waals surface area contributed by atoms with Gasteiger partial charge in [-0.2, -0.15) is 0 Å². The summed E-state index contributed by atoms with van der Waals surface area (Å²) in [6.07, 6.45) is 5.47. The zero-order valence-corrected chi connectivity index (χ0v) is 11.9. The van der Waals surface area contributed by atoms with Crippen LogP contribution in [0, 0.1) is 0 Å². The maximum Gasteiger partial charge on any atom is 0.0330 e. The minimum absolute atomic E-state index is 0.886. The minimum atomic E-state index is 0.886. The molecule has 2 nitrogen and oxygen atoms in total. The van der Waals surface area contributed by atoms with E-state index in [9.17, 15) is 0 Å². The zero-order valence-electron chi connectivity index (χ0n) is 11.0. The molecular weight excluding hydrogens is 228 g/mol. The van der Waals surface area contributed by atoms with Crippen LogP contribution in [-0.2, 0) is 13.1 Å². The van der Waals surface area contributed by atoms with Gasteiger partial charge in [0.25, 0.3) is 0 Å². The van der Waals surface area contributed by atoms with Gasteiger partial charge in [0.1, 0.15) is 0 Å². The fourth-order valence-electron chi connectivity index (χ4n) is 2.17. The predicted octanol–water partition coefficient (Wildman–Crippen LogP) is 3.23. The van der Waals surface area contributed by atoms with Crippen molar-refractivity contribution in [3.63, 3.8) is 0 Å². The van der Waals surface area contributed by atoms with Crippen LogP contribution >= 0.6 is 11.3 Å². The summed E-state index contributed by atoms with van der Waals surface area (Å²) in [5.41, 5.74) is 0. The molecule has 2 rings (SSSR count). The molecule has 1 aliphatic carbocycles. The lowest BCUT2D eigenvalue weighted by Gasteiger charge is -2.20. The second kappa shape index (κ2) is 6.53. The van der Waals surface area contributed by atoms with E-state index in [1.165, 1.54) is 48.5 Å².